The Morgan fingerprint density at radius 3 is 2.43 bits per heavy atom. The van der Waals surface area contributed by atoms with E-state index in [1.54, 1.807) is 24.3 Å². The Hall–Kier alpha value is -2.64. The molecule has 0 unspecified atom stereocenters. The van der Waals surface area contributed by atoms with Crippen LogP contribution >= 0.6 is 0 Å². The molecule has 1 heterocycles. The van der Waals surface area contributed by atoms with Crippen LogP contribution in [-0.4, -0.2) is 23.5 Å². The zero-order valence-corrected chi connectivity index (χ0v) is 10.9. The number of nitrogens with zero attached hydrogens (tertiary/aromatic N) is 2. The predicted molar refractivity (Wildman–Crippen MR) is 74.7 cm³/mol. The van der Waals surface area contributed by atoms with E-state index in [0.717, 1.165) is 0 Å². The molecule has 5 nitrogen and oxygen atoms in total. The van der Waals surface area contributed by atoms with Gasteiger partial charge in [0.2, 0.25) is 0 Å². The van der Waals surface area contributed by atoms with E-state index in [-0.39, 0.29) is 17.9 Å². The van der Waals surface area contributed by atoms with Gasteiger partial charge < -0.3 is 0 Å². The molecule has 1 aromatic carbocycles. The van der Waals surface area contributed by atoms with Crippen LogP contribution in [0.1, 0.15) is 16.1 Å². The standard InChI is InChI=1S/C13H10N2O3.BF2H/c16-13(10-4-2-1-3-5-10)9-11-8-12(15(17)18)6-7-14-11;2-1-3/h1-8H,9H2;1H. The molecule has 0 saturated heterocycles. The van der Waals surface area contributed by atoms with E-state index >= 15 is 0 Å². The zero-order valence-electron chi connectivity index (χ0n) is 10.9. The Morgan fingerprint density at radius 1 is 1.24 bits per heavy atom. The predicted octanol–water partition coefficient (Wildman–Crippen LogP) is 2.61. The molecule has 0 aliphatic rings. The molecule has 8 heteroatoms. The second-order valence-electron chi connectivity index (χ2n) is 3.83. The molecule has 0 amide bonds. The molecule has 21 heavy (non-hydrogen) atoms. The van der Waals surface area contributed by atoms with Gasteiger partial charge in [0.05, 0.1) is 17.0 Å². The molecule has 0 aliphatic carbocycles. The topological polar surface area (TPSA) is 73.1 Å². The molecular weight excluding hydrogens is 281 g/mol. The smallest absolute Gasteiger partial charge is 0.294 e. The lowest BCUT2D eigenvalue weighted by Gasteiger charge is -2.00. The molecule has 2 rings (SSSR count). The van der Waals surface area contributed by atoms with Crippen LogP contribution in [0.25, 0.3) is 0 Å². The molecule has 1 aromatic heterocycles. The van der Waals surface area contributed by atoms with Crippen LogP contribution in [0.15, 0.2) is 48.7 Å². The number of Topliss-reactive ketones (excluding diaryl/α,β-unsaturated/α-hetero) is 1. The van der Waals surface area contributed by atoms with E-state index in [1.807, 2.05) is 6.07 Å². The first-order chi connectivity index (χ1) is 10.1. The van der Waals surface area contributed by atoms with E-state index in [4.69, 9.17) is 0 Å². The van der Waals surface area contributed by atoms with Gasteiger partial charge in [-0.25, -0.2) is 0 Å². The van der Waals surface area contributed by atoms with Crippen LogP contribution in [0.4, 0.5) is 14.3 Å². The van der Waals surface area contributed by atoms with Crippen molar-refractivity contribution < 1.29 is 18.3 Å². The molecule has 0 aliphatic heterocycles. The lowest BCUT2D eigenvalue weighted by molar-refractivity contribution is -0.385. The molecule has 108 valence electrons. The number of rotatable bonds is 4. The number of hydrogen-bond acceptors (Lipinski definition) is 4. The Labute approximate surface area is 120 Å². The van der Waals surface area contributed by atoms with E-state index in [2.05, 4.69) is 4.98 Å². The summed E-state index contributed by atoms with van der Waals surface area (Å²) >= 11 is 0. The highest BCUT2D eigenvalue weighted by atomic mass is 19.2. The number of hydrogen-bond donors (Lipinski definition) is 0. The van der Waals surface area contributed by atoms with Crippen molar-refractivity contribution in [3.8, 4) is 0 Å². The summed E-state index contributed by atoms with van der Waals surface area (Å²) in [6.07, 6.45) is 1.40. The minimum absolute atomic E-state index is 0.0548. The Bertz CT molecular complexity index is 611. The van der Waals surface area contributed by atoms with Gasteiger partial charge in [0.1, 0.15) is 0 Å². The summed E-state index contributed by atoms with van der Waals surface area (Å²) in [4.78, 5) is 25.9. The molecular formula is C13H11BF2N2O3. The fourth-order valence-corrected chi connectivity index (χ4v) is 1.57. The van der Waals surface area contributed by atoms with Gasteiger partial charge in [0, 0.05) is 23.9 Å². The van der Waals surface area contributed by atoms with Crippen molar-refractivity contribution in [1.29, 1.82) is 0 Å². The number of carbonyl (C=O) groups excluding carboxylic acids is 1. The number of halogens is 2. The van der Waals surface area contributed by atoms with Gasteiger partial charge in [-0.2, -0.15) is 0 Å². The van der Waals surface area contributed by atoms with Crippen LogP contribution in [0, 0.1) is 10.1 Å². The van der Waals surface area contributed by atoms with Crippen LogP contribution in [-0.2, 0) is 6.42 Å². The normalized spacial score (nSPS) is 9.24. The van der Waals surface area contributed by atoms with Gasteiger partial charge in [0.15, 0.2) is 5.78 Å². The first-order valence-electron chi connectivity index (χ1n) is 5.88. The average molecular weight is 292 g/mol. The molecule has 2 aromatic rings. The molecule has 0 N–H and O–H groups in total. The fourth-order valence-electron chi connectivity index (χ4n) is 1.57. The maximum absolute atomic E-state index is 11.9. The quantitative estimate of drug-likeness (QED) is 0.376. The minimum Gasteiger partial charge on any atom is -0.294 e. The van der Waals surface area contributed by atoms with Crippen molar-refractivity contribution in [2.75, 3.05) is 0 Å². The second kappa shape index (κ2) is 8.52. The zero-order chi connectivity index (χ0) is 15.7. The number of ketones is 1. The summed E-state index contributed by atoms with van der Waals surface area (Å²) in [6.45, 7) is 0. The summed E-state index contributed by atoms with van der Waals surface area (Å²) in [6, 6.07) is 11.4. The molecule has 0 fully saturated rings. The second-order valence-corrected chi connectivity index (χ2v) is 3.83. The average Bonchev–Trinajstić information content (AvgIpc) is 2.49. The van der Waals surface area contributed by atoms with Gasteiger partial charge in [-0.3, -0.25) is 28.5 Å². The first-order valence-corrected chi connectivity index (χ1v) is 5.88. The number of nitro groups is 1. The number of aromatic nitrogens is 1. The Morgan fingerprint density at radius 2 is 1.86 bits per heavy atom. The summed E-state index contributed by atoms with van der Waals surface area (Å²) in [5.74, 6) is -0.108. The highest BCUT2D eigenvalue weighted by molar-refractivity contribution is 6.15. The molecule has 0 atom stereocenters. The van der Waals surface area contributed by atoms with Gasteiger partial charge >= 0.3 is 7.83 Å². The Kier molecular flexibility index (Phi) is 6.66. The molecule has 0 radical (unpaired) electrons. The maximum atomic E-state index is 11.9. The third kappa shape index (κ3) is 5.47. The maximum Gasteiger partial charge on any atom is 0.521 e. The van der Waals surface area contributed by atoms with Crippen LogP contribution in [0.3, 0.4) is 0 Å². The van der Waals surface area contributed by atoms with Crippen molar-refractivity contribution in [1.82, 2.24) is 4.98 Å². The first kappa shape index (κ1) is 16.4. The number of benzene rings is 1. The Balaban J connectivity index is 0.000000677. The highest BCUT2D eigenvalue weighted by Gasteiger charge is 2.11. The van der Waals surface area contributed by atoms with E-state index < -0.39 is 12.8 Å². The number of pyridine rings is 1. The van der Waals surface area contributed by atoms with E-state index in [0.29, 0.717) is 11.3 Å². The van der Waals surface area contributed by atoms with Gasteiger partial charge in [-0.05, 0) is 0 Å². The summed E-state index contributed by atoms with van der Waals surface area (Å²) in [7, 11) is -1.75. The van der Waals surface area contributed by atoms with Gasteiger partial charge in [0.25, 0.3) is 5.69 Å². The van der Waals surface area contributed by atoms with Crippen LogP contribution < -0.4 is 0 Å². The largest absolute Gasteiger partial charge is 0.521 e. The van der Waals surface area contributed by atoms with E-state index in [9.17, 15) is 23.5 Å². The summed E-state index contributed by atoms with van der Waals surface area (Å²) < 4.78 is 19.2. The number of carbonyl (C=O) groups is 1. The third-order valence-electron chi connectivity index (χ3n) is 2.45. The monoisotopic (exact) mass is 292 g/mol. The van der Waals surface area contributed by atoms with Gasteiger partial charge in [-0.15, -0.1) is 0 Å². The lowest BCUT2D eigenvalue weighted by atomic mass is 10.1. The van der Waals surface area contributed by atoms with Crippen molar-refractivity contribution in [2.45, 2.75) is 6.42 Å². The van der Waals surface area contributed by atoms with Gasteiger partial charge in [-0.1, -0.05) is 30.3 Å². The van der Waals surface area contributed by atoms with Crippen molar-refractivity contribution in [2.24, 2.45) is 0 Å². The molecule has 0 spiro atoms. The van der Waals surface area contributed by atoms with Crippen molar-refractivity contribution in [3.05, 3.63) is 70.0 Å². The SMILES string of the molecule is FBF.O=C(Cc1cc([N+](=O)[O-])ccn1)c1ccccc1. The highest BCUT2D eigenvalue weighted by Crippen LogP contribution is 2.12. The summed E-state index contributed by atoms with van der Waals surface area (Å²) in [5.41, 5.74) is 0.921. The van der Waals surface area contributed by atoms with Crippen molar-refractivity contribution in [3.63, 3.8) is 0 Å². The fraction of sp³-hybridized carbons (Fsp3) is 0.0769. The van der Waals surface area contributed by atoms with Crippen molar-refractivity contribution >= 4 is 19.3 Å². The lowest BCUT2D eigenvalue weighted by Crippen LogP contribution is -2.05. The third-order valence-corrected chi connectivity index (χ3v) is 2.45. The minimum atomic E-state index is -1.75. The van der Waals surface area contributed by atoms with Crippen LogP contribution in [0.2, 0.25) is 0 Å². The van der Waals surface area contributed by atoms with Crippen LogP contribution in [0.5, 0.6) is 0 Å². The molecule has 0 bridgehead atoms. The molecule has 0 saturated carbocycles. The van der Waals surface area contributed by atoms with E-state index in [1.165, 1.54) is 18.3 Å². The summed E-state index contributed by atoms with van der Waals surface area (Å²) in [5, 5.41) is 10.6.